The molecule has 1 aliphatic carbocycles. The summed E-state index contributed by atoms with van der Waals surface area (Å²) in [5, 5.41) is 9.39. The molecule has 0 heterocycles. The van der Waals surface area contributed by atoms with Crippen molar-refractivity contribution in [2.75, 3.05) is 0 Å². The Balaban J connectivity index is 2.34. The van der Waals surface area contributed by atoms with Crippen molar-refractivity contribution in [3.63, 3.8) is 0 Å². The highest BCUT2D eigenvalue weighted by Crippen LogP contribution is 2.30. The van der Waals surface area contributed by atoms with Crippen molar-refractivity contribution in [2.45, 2.75) is 42.5 Å². The Bertz CT molecular complexity index is 656. The van der Waals surface area contributed by atoms with E-state index in [0.29, 0.717) is 12.8 Å². The highest BCUT2D eigenvalue weighted by molar-refractivity contribution is 9.10. The van der Waals surface area contributed by atoms with Gasteiger partial charge in [-0.1, -0.05) is 19.3 Å². The summed E-state index contributed by atoms with van der Waals surface area (Å²) in [7, 11) is -4.09. The molecular formula is C13H15BrFNO4S. The lowest BCUT2D eigenvalue weighted by atomic mass is 9.83. The van der Waals surface area contributed by atoms with E-state index in [1.165, 1.54) is 12.1 Å². The van der Waals surface area contributed by atoms with Gasteiger partial charge < -0.3 is 5.11 Å². The highest BCUT2D eigenvalue weighted by atomic mass is 79.9. The van der Waals surface area contributed by atoms with Crippen molar-refractivity contribution in [1.29, 1.82) is 0 Å². The smallest absolute Gasteiger partial charge is 0.324 e. The summed E-state index contributed by atoms with van der Waals surface area (Å²) in [5.41, 5.74) is -1.50. The van der Waals surface area contributed by atoms with E-state index >= 15 is 0 Å². The van der Waals surface area contributed by atoms with Crippen LogP contribution in [0.15, 0.2) is 27.6 Å². The fourth-order valence-corrected chi connectivity index (χ4v) is 4.15. The minimum atomic E-state index is -4.09. The Morgan fingerprint density at radius 3 is 2.43 bits per heavy atom. The Labute approximate surface area is 130 Å². The van der Waals surface area contributed by atoms with E-state index in [4.69, 9.17) is 0 Å². The van der Waals surface area contributed by atoms with Gasteiger partial charge in [-0.25, -0.2) is 12.8 Å². The maximum absolute atomic E-state index is 13.5. The molecule has 116 valence electrons. The normalized spacial score (nSPS) is 18.4. The zero-order valence-electron chi connectivity index (χ0n) is 11.1. The van der Waals surface area contributed by atoms with E-state index in [1.807, 2.05) is 0 Å². The van der Waals surface area contributed by atoms with Crippen LogP contribution in [0.2, 0.25) is 0 Å². The Kier molecular flexibility index (Phi) is 4.69. The molecule has 0 saturated heterocycles. The summed E-state index contributed by atoms with van der Waals surface area (Å²) in [5.74, 6) is -1.91. The molecule has 2 rings (SSSR count). The van der Waals surface area contributed by atoms with Crippen molar-refractivity contribution in [3.05, 3.63) is 28.5 Å². The van der Waals surface area contributed by atoms with E-state index in [-0.39, 0.29) is 22.2 Å². The lowest BCUT2D eigenvalue weighted by Gasteiger charge is -2.33. The molecule has 0 bridgehead atoms. The quantitative estimate of drug-likeness (QED) is 0.841. The zero-order chi connectivity index (χ0) is 15.7. The number of benzene rings is 1. The van der Waals surface area contributed by atoms with Crippen molar-refractivity contribution in [2.24, 2.45) is 0 Å². The van der Waals surface area contributed by atoms with Crippen LogP contribution >= 0.6 is 15.9 Å². The van der Waals surface area contributed by atoms with Crippen LogP contribution in [0.1, 0.15) is 32.1 Å². The van der Waals surface area contributed by atoms with Gasteiger partial charge in [0.05, 0.1) is 9.37 Å². The molecular weight excluding hydrogens is 365 g/mol. The second-order valence-electron chi connectivity index (χ2n) is 5.13. The van der Waals surface area contributed by atoms with Crippen LogP contribution in [-0.2, 0) is 14.8 Å². The third-order valence-corrected chi connectivity index (χ3v) is 5.82. The second kappa shape index (κ2) is 6.02. The van der Waals surface area contributed by atoms with Crippen LogP contribution in [0.3, 0.4) is 0 Å². The molecule has 0 aromatic heterocycles. The van der Waals surface area contributed by atoms with E-state index in [9.17, 15) is 22.7 Å². The topological polar surface area (TPSA) is 83.5 Å². The van der Waals surface area contributed by atoms with Gasteiger partial charge in [0.15, 0.2) is 0 Å². The summed E-state index contributed by atoms with van der Waals surface area (Å²) >= 11 is 2.94. The standard InChI is InChI=1S/C13H15BrFNO4S/c14-10-5-4-9(8-11(10)15)21(19,20)16-13(12(17)18)6-2-1-3-7-13/h4-5,8,16H,1-3,6-7H2,(H,17,18). The molecule has 0 radical (unpaired) electrons. The molecule has 1 aromatic carbocycles. The first-order valence-corrected chi connectivity index (χ1v) is 8.77. The average Bonchev–Trinajstić information content (AvgIpc) is 2.42. The molecule has 8 heteroatoms. The maximum atomic E-state index is 13.5. The number of hydrogen-bond acceptors (Lipinski definition) is 3. The molecule has 21 heavy (non-hydrogen) atoms. The van der Waals surface area contributed by atoms with Crippen LogP contribution in [0.5, 0.6) is 0 Å². The zero-order valence-corrected chi connectivity index (χ0v) is 13.5. The van der Waals surface area contributed by atoms with Gasteiger partial charge in [0.1, 0.15) is 11.4 Å². The fraction of sp³-hybridized carbons (Fsp3) is 0.462. The number of carbonyl (C=O) groups is 1. The number of aliphatic carboxylic acids is 1. The number of carboxylic acid groups (broad SMARTS) is 1. The first-order chi connectivity index (χ1) is 9.77. The van der Waals surface area contributed by atoms with Gasteiger partial charge in [-0.15, -0.1) is 0 Å². The van der Waals surface area contributed by atoms with Gasteiger partial charge in [-0.05, 0) is 47.0 Å². The molecule has 0 aliphatic heterocycles. The second-order valence-corrected chi connectivity index (χ2v) is 7.67. The van der Waals surface area contributed by atoms with Gasteiger partial charge in [0.2, 0.25) is 10.0 Å². The van der Waals surface area contributed by atoms with Crippen molar-refractivity contribution >= 4 is 31.9 Å². The third kappa shape index (κ3) is 3.44. The van der Waals surface area contributed by atoms with E-state index in [2.05, 4.69) is 20.7 Å². The van der Waals surface area contributed by atoms with Crippen LogP contribution in [0.4, 0.5) is 4.39 Å². The number of nitrogens with one attached hydrogen (secondary N) is 1. The number of sulfonamides is 1. The Hall–Kier alpha value is -0.990. The Morgan fingerprint density at radius 2 is 1.90 bits per heavy atom. The van der Waals surface area contributed by atoms with Crippen molar-refractivity contribution in [1.82, 2.24) is 4.72 Å². The minimum absolute atomic E-state index is 0.145. The molecule has 1 aromatic rings. The van der Waals surface area contributed by atoms with Gasteiger partial charge in [-0.3, -0.25) is 4.79 Å². The minimum Gasteiger partial charge on any atom is -0.480 e. The largest absolute Gasteiger partial charge is 0.480 e. The first-order valence-electron chi connectivity index (χ1n) is 6.49. The predicted molar refractivity (Wildman–Crippen MR) is 77.9 cm³/mol. The molecule has 2 N–H and O–H groups in total. The summed E-state index contributed by atoms with van der Waals surface area (Å²) in [6.45, 7) is 0. The van der Waals surface area contributed by atoms with Gasteiger partial charge in [-0.2, -0.15) is 4.72 Å². The molecule has 1 aliphatic rings. The number of carboxylic acids is 1. The molecule has 1 fully saturated rings. The highest BCUT2D eigenvalue weighted by Gasteiger charge is 2.43. The van der Waals surface area contributed by atoms with Crippen LogP contribution in [0.25, 0.3) is 0 Å². The predicted octanol–water partition coefficient (Wildman–Crippen LogP) is 2.65. The van der Waals surface area contributed by atoms with Crippen LogP contribution in [-0.4, -0.2) is 25.0 Å². The van der Waals surface area contributed by atoms with Crippen LogP contribution in [0, 0.1) is 5.82 Å². The summed E-state index contributed by atoms with van der Waals surface area (Å²) in [6.07, 6.45) is 2.64. The monoisotopic (exact) mass is 379 g/mol. The van der Waals surface area contributed by atoms with E-state index in [0.717, 1.165) is 12.5 Å². The van der Waals surface area contributed by atoms with Crippen molar-refractivity contribution in [3.8, 4) is 0 Å². The SMILES string of the molecule is O=C(O)C1(NS(=O)(=O)c2ccc(Br)c(F)c2)CCCCC1. The van der Waals surface area contributed by atoms with E-state index in [1.54, 1.807) is 0 Å². The fourth-order valence-electron chi connectivity index (χ4n) is 2.48. The third-order valence-electron chi connectivity index (χ3n) is 3.65. The Morgan fingerprint density at radius 1 is 1.29 bits per heavy atom. The van der Waals surface area contributed by atoms with Gasteiger partial charge in [0.25, 0.3) is 0 Å². The summed E-state index contributed by atoms with van der Waals surface area (Å²) < 4.78 is 40.5. The first kappa shape index (κ1) is 16.4. The van der Waals surface area contributed by atoms with Gasteiger partial charge >= 0.3 is 5.97 Å². The molecule has 1 saturated carbocycles. The molecule has 0 spiro atoms. The van der Waals surface area contributed by atoms with E-state index < -0.39 is 27.3 Å². The molecule has 0 atom stereocenters. The summed E-state index contributed by atoms with van der Waals surface area (Å²) in [6, 6.07) is 3.37. The lowest BCUT2D eigenvalue weighted by Crippen LogP contribution is -2.55. The number of halogens is 2. The average molecular weight is 380 g/mol. The number of rotatable bonds is 4. The van der Waals surface area contributed by atoms with Crippen LogP contribution < -0.4 is 4.72 Å². The number of hydrogen-bond donors (Lipinski definition) is 2. The molecule has 0 amide bonds. The van der Waals surface area contributed by atoms with Crippen molar-refractivity contribution < 1.29 is 22.7 Å². The summed E-state index contributed by atoms with van der Waals surface area (Å²) in [4.78, 5) is 11.2. The maximum Gasteiger partial charge on any atom is 0.324 e. The van der Waals surface area contributed by atoms with Gasteiger partial charge in [0, 0.05) is 0 Å². The molecule has 0 unspecified atom stereocenters. The lowest BCUT2D eigenvalue weighted by molar-refractivity contribution is -0.145. The molecule has 5 nitrogen and oxygen atoms in total.